The molecule has 1 aromatic heterocycles. The van der Waals surface area contributed by atoms with Crippen LogP contribution in [0.2, 0.25) is 0 Å². The summed E-state index contributed by atoms with van der Waals surface area (Å²) >= 11 is 0. The van der Waals surface area contributed by atoms with Crippen LogP contribution in [0.5, 0.6) is 0 Å². The standard InChI is InChI=1S/C35H36F3N3O3/c1-21(2)41-29-11-7-10-25(16-23-12-14-27(15-13-23)35(36,37)38)30(29)31(40-41)32(42)39-28-19-34(20-28)17-26(18-34)33(43)44-22(3)24-8-5-4-6-9-24/h4-15,21-22,26,28H,16-20H2,1-3H3,(H,39,42)/t22-,26?,28?,34?/m0/s1. The smallest absolute Gasteiger partial charge is 0.416 e. The zero-order chi connectivity index (χ0) is 31.2. The minimum absolute atomic E-state index is 0.00335. The molecule has 0 unspecified atom stereocenters. The molecule has 1 atom stereocenters. The highest BCUT2D eigenvalue weighted by Gasteiger charge is 2.55. The summed E-state index contributed by atoms with van der Waals surface area (Å²) in [5.74, 6) is -0.539. The van der Waals surface area contributed by atoms with Crippen LogP contribution in [0.1, 0.15) is 91.3 Å². The van der Waals surface area contributed by atoms with E-state index < -0.39 is 11.7 Å². The second-order valence-electron chi connectivity index (χ2n) is 12.7. The number of nitrogens with one attached hydrogen (secondary N) is 1. The SMILES string of the molecule is CC(C)n1nc(C(=O)NC2CC3(C2)CC(C(=O)O[C@@H](C)c2ccccc2)C3)c2c(Cc3ccc(C(F)(F)F)cc3)cccc21. The maximum atomic E-state index is 13.6. The van der Waals surface area contributed by atoms with Crippen LogP contribution in [-0.2, 0) is 22.1 Å². The molecule has 2 fully saturated rings. The van der Waals surface area contributed by atoms with E-state index in [4.69, 9.17) is 9.84 Å². The van der Waals surface area contributed by atoms with Crippen molar-refractivity contribution in [1.82, 2.24) is 15.1 Å². The average Bonchev–Trinajstić information content (AvgIpc) is 3.35. The first kappa shape index (κ1) is 29.9. The molecular weight excluding hydrogens is 567 g/mol. The van der Waals surface area contributed by atoms with Crippen molar-refractivity contribution in [3.63, 3.8) is 0 Å². The Hall–Kier alpha value is -4.14. The van der Waals surface area contributed by atoms with Crippen molar-refractivity contribution in [2.24, 2.45) is 11.3 Å². The third kappa shape index (κ3) is 5.84. The van der Waals surface area contributed by atoms with Crippen molar-refractivity contribution in [2.45, 2.75) is 77.2 Å². The lowest BCUT2D eigenvalue weighted by Crippen LogP contribution is -2.57. The zero-order valence-electron chi connectivity index (χ0n) is 25.0. The van der Waals surface area contributed by atoms with Crippen LogP contribution in [0, 0.1) is 11.3 Å². The Morgan fingerprint density at radius 2 is 1.64 bits per heavy atom. The molecule has 1 heterocycles. The summed E-state index contributed by atoms with van der Waals surface area (Å²) in [4.78, 5) is 26.4. The van der Waals surface area contributed by atoms with E-state index in [0.29, 0.717) is 23.1 Å². The fourth-order valence-corrected chi connectivity index (χ4v) is 6.88. The van der Waals surface area contributed by atoms with E-state index in [1.54, 1.807) is 0 Å². The summed E-state index contributed by atoms with van der Waals surface area (Å²) in [6.45, 7) is 5.87. The van der Waals surface area contributed by atoms with Gasteiger partial charge in [-0.1, -0.05) is 54.6 Å². The van der Waals surface area contributed by atoms with Crippen LogP contribution in [0.3, 0.4) is 0 Å². The van der Waals surface area contributed by atoms with Crippen molar-refractivity contribution >= 4 is 22.8 Å². The maximum absolute atomic E-state index is 13.6. The molecule has 1 spiro atoms. The Morgan fingerprint density at radius 3 is 2.27 bits per heavy atom. The Labute approximate surface area is 254 Å². The van der Waals surface area contributed by atoms with Gasteiger partial charge in [-0.25, -0.2) is 0 Å². The third-order valence-electron chi connectivity index (χ3n) is 9.15. The average molecular weight is 604 g/mol. The van der Waals surface area contributed by atoms with Crippen LogP contribution in [0.4, 0.5) is 13.2 Å². The maximum Gasteiger partial charge on any atom is 0.416 e. The number of carbonyl (C=O) groups is 2. The van der Waals surface area contributed by atoms with Gasteiger partial charge in [-0.3, -0.25) is 14.3 Å². The van der Waals surface area contributed by atoms with Gasteiger partial charge in [0.2, 0.25) is 0 Å². The lowest BCUT2D eigenvalue weighted by atomic mass is 9.50. The number of ether oxygens (including phenoxy) is 1. The highest BCUT2D eigenvalue weighted by molar-refractivity contribution is 6.06. The third-order valence-corrected chi connectivity index (χ3v) is 9.15. The predicted octanol–water partition coefficient (Wildman–Crippen LogP) is 7.82. The molecule has 230 valence electrons. The normalized spacial score (nSPS) is 22.0. The fraction of sp³-hybridized carbons (Fsp3) is 0.400. The highest BCUT2D eigenvalue weighted by Crippen LogP contribution is 2.59. The minimum atomic E-state index is -4.40. The number of benzene rings is 3. The van der Waals surface area contributed by atoms with E-state index >= 15 is 0 Å². The lowest BCUT2D eigenvalue weighted by molar-refractivity contribution is -0.167. The Balaban J connectivity index is 1.11. The summed E-state index contributed by atoms with van der Waals surface area (Å²) in [6, 6.07) is 20.5. The van der Waals surface area contributed by atoms with Crippen LogP contribution >= 0.6 is 0 Å². The first-order valence-electron chi connectivity index (χ1n) is 15.1. The van der Waals surface area contributed by atoms with Gasteiger partial charge in [-0.15, -0.1) is 0 Å². The van der Waals surface area contributed by atoms with Gasteiger partial charge in [-0.05, 0) is 93.2 Å². The van der Waals surface area contributed by atoms with Crippen molar-refractivity contribution in [2.75, 3.05) is 0 Å². The molecule has 0 saturated heterocycles. The molecule has 9 heteroatoms. The second kappa shape index (κ2) is 11.4. The van der Waals surface area contributed by atoms with E-state index in [2.05, 4.69) is 5.32 Å². The number of hydrogen-bond donors (Lipinski definition) is 1. The first-order valence-corrected chi connectivity index (χ1v) is 15.1. The van der Waals surface area contributed by atoms with Crippen molar-refractivity contribution in [3.05, 3.63) is 101 Å². The molecule has 6 nitrogen and oxygen atoms in total. The van der Waals surface area contributed by atoms with Gasteiger partial charge in [-0.2, -0.15) is 18.3 Å². The number of fused-ring (bicyclic) bond motifs is 1. The number of halogens is 3. The number of esters is 1. The quantitative estimate of drug-likeness (QED) is 0.209. The number of carbonyl (C=O) groups excluding carboxylic acids is 2. The molecule has 2 aliphatic carbocycles. The van der Waals surface area contributed by atoms with Gasteiger partial charge in [0.1, 0.15) is 6.10 Å². The zero-order valence-corrected chi connectivity index (χ0v) is 25.0. The Bertz CT molecular complexity index is 1660. The number of rotatable bonds is 8. The predicted molar refractivity (Wildman–Crippen MR) is 161 cm³/mol. The van der Waals surface area contributed by atoms with Gasteiger partial charge in [0.05, 0.1) is 17.0 Å². The monoisotopic (exact) mass is 603 g/mol. The molecule has 2 aliphatic rings. The van der Waals surface area contributed by atoms with E-state index in [1.165, 1.54) is 12.1 Å². The van der Waals surface area contributed by atoms with E-state index in [-0.39, 0.29) is 41.4 Å². The second-order valence-corrected chi connectivity index (χ2v) is 12.7. The summed E-state index contributed by atoms with van der Waals surface area (Å²) < 4.78 is 46.7. The van der Waals surface area contributed by atoms with Crippen LogP contribution in [0.25, 0.3) is 10.9 Å². The van der Waals surface area contributed by atoms with Gasteiger partial charge >= 0.3 is 12.1 Å². The summed E-state index contributed by atoms with van der Waals surface area (Å²) in [5.41, 5.74) is 3.01. The number of amides is 1. The first-order chi connectivity index (χ1) is 20.9. The van der Waals surface area contributed by atoms with E-state index in [9.17, 15) is 22.8 Å². The van der Waals surface area contributed by atoms with Gasteiger partial charge in [0.15, 0.2) is 5.69 Å². The summed E-state index contributed by atoms with van der Waals surface area (Å²) in [5, 5.41) is 8.57. The van der Waals surface area contributed by atoms with Crippen molar-refractivity contribution < 1.29 is 27.5 Å². The molecule has 4 aromatic rings. The topological polar surface area (TPSA) is 73.2 Å². The van der Waals surface area contributed by atoms with Gasteiger partial charge in [0, 0.05) is 17.5 Å². The van der Waals surface area contributed by atoms with Crippen molar-refractivity contribution in [1.29, 1.82) is 0 Å². The number of hydrogen-bond acceptors (Lipinski definition) is 4. The fourth-order valence-electron chi connectivity index (χ4n) is 6.88. The molecule has 3 aromatic carbocycles. The molecule has 1 amide bonds. The molecule has 44 heavy (non-hydrogen) atoms. The lowest BCUT2D eigenvalue weighted by Gasteiger charge is -2.57. The number of nitrogens with zero attached hydrogens (tertiary/aromatic N) is 2. The van der Waals surface area contributed by atoms with Gasteiger partial charge in [0.25, 0.3) is 5.91 Å². The molecule has 0 radical (unpaired) electrons. The molecule has 2 saturated carbocycles. The van der Waals surface area contributed by atoms with Crippen molar-refractivity contribution in [3.8, 4) is 0 Å². The van der Waals surface area contributed by atoms with E-state index in [0.717, 1.165) is 54.5 Å². The minimum Gasteiger partial charge on any atom is -0.458 e. The molecule has 0 aliphatic heterocycles. The molecule has 0 bridgehead atoms. The van der Waals surface area contributed by atoms with E-state index in [1.807, 2.05) is 74.0 Å². The molecular formula is C35H36F3N3O3. The summed E-state index contributed by atoms with van der Waals surface area (Å²) in [7, 11) is 0. The highest BCUT2D eigenvalue weighted by atomic mass is 19.4. The van der Waals surface area contributed by atoms with Gasteiger partial charge < -0.3 is 10.1 Å². The molecule has 6 rings (SSSR count). The largest absolute Gasteiger partial charge is 0.458 e. The Kier molecular flexibility index (Phi) is 7.76. The number of alkyl halides is 3. The Morgan fingerprint density at radius 1 is 0.955 bits per heavy atom. The summed E-state index contributed by atoms with van der Waals surface area (Å²) in [6.07, 6.45) is -1.18. The molecule has 1 N–H and O–H groups in total. The van der Waals surface area contributed by atoms with Crippen LogP contribution in [0.15, 0.2) is 72.8 Å². The van der Waals surface area contributed by atoms with Crippen LogP contribution < -0.4 is 5.32 Å². The van der Waals surface area contributed by atoms with Crippen LogP contribution in [-0.4, -0.2) is 27.7 Å². The number of aromatic nitrogens is 2.